The Morgan fingerprint density at radius 2 is 1.04 bits per heavy atom. The number of hydrogen-bond donors (Lipinski definition) is 1. The van der Waals surface area contributed by atoms with E-state index in [-0.39, 0.29) is 111 Å². The molecule has 0 fully saturated rings. The van der Waals surface area contributed by atoms with Gasteiger partial charge in [-0.15, -0.1) is 0 Å². The average Bonchev–Trinajstić information content (AvgIpc) is 3.08. The molecular formula is C35H29Br3K2O5. The van der Waals surface area contributed by atoms with Gasteiger partial charge in [-0.05, 0) is 46.2 Å². The van der Waals surface area contributed by atoms with Gasteiger partial charge in [0.1, 0.15) is 18.1 Å². The van der Waals surface area contributed by atoms with Crippen molar-refractivity contribution in [3.05, 3.63) is 154 Å². The molecule has 0 radical (unpaired) electrons. The van der Waals surface area contributed by atoms with E-state index < -0.39 is 0 Å². The molecule has 0 amide bonds. The van der Waals surface area contributed by atoms with E-state index in [1.54, 1.807) is 6.07 Å². The fourth-order valence-electron chi connectivity index (χ4n) is 3.91. The van der Waals surface area contributed by atoms with E-state index in [1.165, 1.54) is 16.5 Å². The molecule has 0 aromatic heterocycles. The van der Waals surface area contributed by atoms with Crippen LogP contribution in [0.2, 0.25) is 0 Å². The molecule has 1 N–H and O–H groups in total. The molecule has 0 atom stereocenters. The Labute approximate surface area is 375 Å². The van der Waals surface area contributed by atoms with Crippen LogP contribution in [0.25, 0.3) is 21.5 Å². The number of ether oxygens (including phenoxy) is 1. The topological polar surface area (TPSA) is 78.8 Å². The van der Waals surface area contributed by atoms with E-state index in [2.05, 4.69) is 89.1 Å². The van der Waals surface area contributed by atoms with Gasteiger partial charge < -0.3 is 21.4 Å². The van der Waals surface area contributed by atoms with E-state index in [0.717, 1.165) is 36.2 Å². The Morgan fingerprint density at radius 3 is 1.51 bits per heavy atom. The molecule has 0 spiro atoms. The molecule has 6 aromatic rings. The maximum atomic E-state index is 9.47. The number of rotatable bonds is 5. The van der Waals surface area contributed by atoms with Crippen LogP contribution in [0.5, 0.6) is 11.5 Å². The number of phenols is 1. The number of alkyl halides is 1. The first-order valence-corrected chi connectivity index (χ1v) is 15.7. The summed E-state index contributed by atoms with van der Waals surface area (Å²) in [5.41, 5.74) is 2.50. The van der Waals surface area contributed by atoms with Crippen molar-refractivity contribution in [1.29, 1.82) is 0 Å². The molecule has 45 heavy (non-hydrogen) atoms. The number of carbonyl (C=O) groups is 1. The van der Waals surface area contributed by atoms with E-state index in [4.69, 9.17) is 14.8 Å². The summed E-state index contributed by atoms with van der Waals surface area (Å²) in [6.07, 6.45) is 0. The smallest absolute Gasteiger partial charge is 1.00 e. The van der Waals surface area contributed by atoms with Crippen molar-refractivity contribution >= 4 is 75.8 Å². The Morgan fingerprint density at radius 1 is 0.622 bits per heavy atom. The summed E-state index contributed by atoms with van der Waals surface area (Å²) in [5, 5.41) is 23.1. The maximum absolute atomic E-state index is 9.47. The van der Waals surface area contributed by atoms with Crippen molar-refractivity contribution in [2.75, 3.05) is 0 Å². The number of phenolic OH excluding ortho intramolecular Hbond substituents is 1. The SMILES string of the molecule is BrCc1ccccc1.Brc1ccc(OCc2ccccc2)c2ccccc12.O=CO[O-].Oc1ccc(Br)c2ccccc12.[H-].[K+].[K+]. The largest absolute Gasteiger partial charge is 1.00 e. The van der Waals surface area contributed by atoms with Crippen LogP contribution in [0.4, 0.5) is 0 Å². The molecule has 0 aliphatic rings. The second-order valence-electron chi connectivity index (χ2n) is 8.79. The summed E-state index contributed by atoms with van der Waals surface area (Å²) in [7, 11) is 0. The molecule has 222 valence electrons. The van der Waals surface area contributed by atoms with Gasteiger partial charge in [0.2, 0.25) is 0 Å². The number of benzene rings is 6. The van der Waals surface area contributed by atoms with Crippen LogP contribution in [0.1, 0.15) is 12.6 Å². The number of halogens is 3. The molecule has 0 saturated heterocycles. The average molecular weight is 848 g/mol. The molecule has 5 nitrogen and oxygen atoms in total. The number of hydrogen-bond acceptors (Lipinski definition) is 5. The van der Waals surface area contributed by atoms with Crippen LogP contribution in [-0.4, -0.2) is 11.6 Å². The van der Waals surface area contributed by atoms with Crippen LogP contribution < -0.4 is 113 Å². The normalized spacial score (nSPS) is 9.33. The van der Waals surface area contributed by atoms with Crippen LogP contribution in [0.3, 0.4) is 0 Å². The third-order valence-corrected chi connectivity index (χ3v) is 7.98. The zero-order valence-electron chi connectivity index (χ0n) is 25.9. The van der Waals surface area contributed by atoms with Gasteiger partial charge in [-0.2, -0.15) is 0 Å². The van der Waals surface area contributed by atoms with Crippen LogP contribution in [0, 0.1) is 0 Å². The predicted octanol–water partition coefficient (Wildman–Crippen LogP) is 3.63. The third-order valence-electron chi connectivity index (χ3n) is 5.95. The van der Waals surface area contributed by atoms with E-state index in [1.807, 2.05) is 91.0 Å². The standard InChI is InChI=1S/C17H13BrO.C10H7BrO.C7H7Br.CH2O3.2K.H/c18-16-10-11-17(15-9-5-4-8-14(15)16)19-12-13-6-2-1-3-7-13;11-9-5-6-10(12)8-4-2-1-3-7(8)9;8-6-7-4-2-1-3-5-7;2-1-4-3;;;/h1-11H,12H2;1-6,12H;1-5H,6H2;1,3H;;;/q;;;;2*+1;-1/p-1. The predicted molar refractivity (Wildman–Crippen MR) is 183 cm³/mol. The third kappa shape index (κ3) is 14.7. The fraction of sp³-hybridized carbons (Fsp3) is 0.0571. The van der Waals surface area contributed by atoms with Crippen molar-refractivity contribution in [2.24, 2.45) is 0 Å². The second-order valence-corrected chi connectivity index (χ2v) is 11.1. The van der Waals surface area contributed by atoms with Gasteiger partial charge in [-0.1, -0.05) is 157 Å². The van der Waals surface area contributed by atoms with Gasteiger partial charge in [0.25, 0.3) is 6.47 Å². The first kappa shape index (κ1) is 42.6. The maximum Gasteiger partial charge on any atom is 1.00 e. The molecule has 0 aliphatic carbocycles. The first-order chi connectivity index (χ1) is 21.0. The molecular weight excluding hydrogens is 818 g/mol. The van der Waals surface area contributed by atoms with Crippen LogP contribution >= 0.6 is 47.8 Å². The summed E-state index contributed by atoms with van der Waals surface area (Å²) in [6, 6.07) is 44.0. The minimum atomic E-state index is -0.181. The van der Waals surface area contributed by atoms with Gasteiger partial charge in [-0.25, -0.2) is 0 Å². The first-order valence-electron chi connectivity index (χ1n) is 13.0. The van der Waals surface area contributed by atoms with Gasteiger partial charge in [-0.3, -0.25) is 4.79 Å². The van der Waals surface area contributed by atoms with E-state index in [0.29, 0.717) is 12.4 Å². The molecule has 6 aromatic carbocycles. The summed E-state index contributed by atoms with van der Waals surface area (Å²) in [6.45, 7) is 0.409. The summed E-state index contributed by atoms with van der Waals surface area (Å²) in [4.78, 5) is 11.2. The van der Waals surface area contributed by atoms with Gasteiger partial charge in [0.05, 0.1) is 0 Å². The van der Waals surface area contributed by atoms with Crippen molar-refractivity contribution in [2.45, 2.75) is 11.9 Å². The zero-order valence-corrected chi connectivity index (χ0v) is 35.9. The molecule has 6 rings (SSSR count). The fourth-order valence-corrected chi connectivity index (χ4v) is 5.24. The van der Waals surface area contributed by atoms with Gasteiger partial charge >= 0.3 is 103 Å². The minimum absolute atomic E-state index is 0. The molecule has 0 aliphatic heterocycles. The van der Waals surface area contributed by atoms with Crippen LogP contribution in [-0.2, 0) is 21.6 Å². The van der Waals surface area contributed by atoms with Gasteiger partial charge in [0, 0.05) is 25.0 Å². The summed E-state index contributed by atoms with van der Waals surface area (Å²) < 4.78 is 8.04. The Kier molecular flexibility index (Phi) is 23.4. The van der Waals surface area contributed by atoms with Gasteiger partial charge in [0.15, 0.2) is 0 Å². The van der Waals surface area contributed by atoms with E-state index in [9.17, 15) is 5.11 Å². The van der Waals surface area contributed by atoms with Crippen molar-refractivity contribution in [3.63, 3.8) is 0 Å². The molecule has 10 heteroatoms. The monoisotopic (exact) mass is 844 g/mol. The van der Waals surface area contributed by atoms with Crippen LogP contribution in [0.15, 0.2) is 142 Å². The zero-order chi connectivity index (χ0) is 30.9. The quantitative estimate of drug-likeness (QED) is 0.0945. The number of aromatic hydroxyl groups is 1. The summed E-state index contributed by atoms with van der Waals surface area (Å²) in [5.74, 6) is 1.25. The minimum Gasteiger partial charge on any atom is -1.00 e. The molecule has 0 unspecified atom stereocenters. The molecule has 0 heterocycles. The number of carbonyl (C=O) groups excluding carboxylic acids is 1. The van der Waals surface area contributed by atoms with E-state index >= 15 is 0 Å². The van der Waals surface area contributed by atoms with Crippen molar-refractivity contribution in [1.82, 2.24) is 0 Å². The Hall–Kier alpha value is -0.417. The Bertz CT molecular complexity index is 1680. The molecule has 0 bridgehead atoms. The second kappa shape index (κ2) is 24.7. The van der Waals surface area contributed by atoms with Crippen molar-refractivity contribution in [3.8, 4) is 11.5 Å². The van der Waals surface area contributed by atoms with Crippen molar-refractivity contribution < 1.29 is 129 Å². The molecule has 0 saturated carbocycles. The Balaban J connectivity index is 0.000000649. The summed E-state index contributed by atoms with van der Waals surface area (Å²) >= 11 is 10.3. The number of fused-ring (bicyclic) bond motifs is 2.